The maximum absolute atomic E-state index is 9.10. The van der Waals surface area contributed by atoms with Gasteiger partial charge in [-0.15, -0.1) is 0 Å². The van der Waals surface area contributed by atoms with Gasteiger partial charge < -0.3 is 26.0 Å². The van der Waals surface area contributed by atoms with Crippen molar-refractivity contribution in [3.63, 3.8) is 0 Å². The summed E-state index contributed by atoms with van der Waals surface area (Å²) in [5.41, 5.74) is 7.99. The third kappa shape index (κ3) is 8.50. The molecule has 7 heteroatoms. The second-order valence-corrected chi connectivity index (χ2v) is 6.20. The minimum Gasteiger partial charge on any atom is -0.492 e. The van der Waals surface area contributed by atoms with Crippen LogP contribution in [-0.4, -0.2) is 48.4 Å². The van der Waals surface area contributed by atoms with Crippen molar-refractivity contribution in [2.24, 2.45) is 5.73 Å². The van der Waals surface area contributed by atoms with Crippen LogP contribution in [0.3, 0.4) is 0 Å². The van der Waals surface area contributed by atoms with Gasteiger partial charge >= 0.3 is 11.9 Å². The van der Waals surface area contributed by atoms with Crippen LogP contribution in [-0.2, 0) is 15.0 Å². The molecule has 0 aromatic heterocycles. The lowest BCUT2D eigenvalue weighted by atomic mass is 9.85. The van der Waals surface area contributed by atoms with Crippen LogP contribution in [0.25, 0.3) is 0 Å². The molecule has 0 aliphatic rings. The van der Waals surface area contributed by atoms with Gasteiger partial charge in [0.25, 0.3) is 0 Å². The average Bonchev–Trinajstić information content (AvgIpc) is 2.47. The zero-order chi connectivity index (χ0) is 18.8. The van der Waals surface area contributed by atoms with E-state index >= 15 is 0 Å². The number of nitrogens with two attached hydrogens (primary N) is 1. The number of carbonyl (C=O) groups is 2. The van der Waals surface area contributed by atoms with E-state index in [9.17, 15) is 0 Å². The number of aliphatic carboxylic acids is 2. The number of carboxylic acids is 2. The quantitative estimate of drug-likeness (QED) is 0.456. The van der Waals surface area contributed by atoms with E-state index in [0.29, 0.717) is 13.2 Å². The van der Waals surface area contributed by atoms with Crippen molar-refractivity contribution < 1.29 is 24.5 Å². The number of aryl methyl sites for hydroxylation is 1. The Morgan fingerprint density at radius 3 is 2.21 bits per heavy atom. The van der Waals surface area contributed by atoms with Crippen LogP contribution >= 0.6 is 0 Å². The van der Waals surface area contributed by atoms with Gasteiger partial charge in [0.1, 0.15) is 12.4 Å². The Balaban J connectivity index is 0.000000754. The van der Waals surface area contributed by atoms with E-state index < -0.39 is 11.9 Å². The largest absolute Gasteiger partial charge is 0.492 e. The fraction of sp³-hybridized carbons (Fsp3) is 0.529. The van der Waals surface area contributed by atoms with Crippen molar-refractivity contribution in [3.05, 3.63) is 29.3 Å². The summed E-state index contributed by atoms with van der Waals surface area (Å²) in [6.45, 7) is 11.7. The topological polar surface area (TPSA) is 122 Å². The minimum atomic E-state index is -1.82. The maximum atomic E-state index is 9.10. The second-order valence-electron chi connectivity index (χ2n) is 6.20. The van der Waals surface area contributed by atoms with E-state index in [1.165, 1.54) is 11.1 Å². The first-order valence-corrected chi connectivity index (χ1v) is 7.71. The summed E-state index contributed by atoms with van der Waals surface area (Å²) in [4.78, 5) is 18.2. The average molecular weight is 340 g/mol. The molecule has 1 rings (SSSR count). The molecule has 7 nitrogen and oxygen atoms in total. The van der Waals surface area contributed by atoms with Crippen LogP contribution in [0.2, 0.25) is 0 Å². The summed E-state index contributed by atoms with van der Waals surface area (Å²) >= 11 is 0. The molecular weight excluding hydrogens is 312 g/mol. The first-order valence-electron chi connectivity index (χ1n) is 7.71. The lowest BCUT2D eigenvalue weighted by molar-refractivity contribution is -0.159. The third-order valence-electron chi connectivity index (χ3n) is 3.05. The lowest BCUT2D eigenvalue weighted by Crippen LogP contribution is -2.27. The van der Waals surface area contributed by atoms with Crippen molar-refractivity contribution >= 4 is 11.9 Å². The first kappa shape index (κ1) is 21.9. The molecule has 0 heterocycles. The lowest BCUT2D eigenvalue weighted by Gasteiger charge is -2.24. The molecule has 1 aromatic carbocycles. The normalized spacial score (nSPS) is 10.5. The highest BCUT2D eigenvalue weighted by Gasteiger charge is 2.19. The zero-order valence-electron chi connectivity index (χ0n) is 14.8. The van der Waals surface area contributed by atoms with Crippen molar-refractivity contribution in [1.29, 1.82) is 0 Å². The summed E-state index contributed by atoms with van der Waals surface area (Å²) in [5.74, 6) is -2.62. The van der Waals surface area contributed by atoms with Gasteiger partial charge in [-0.05, 0) is 23.5 Å². The molecule has 0 spiro atoms. The fourth-order valence-corrected chi connectivity index (χ4v) is 1.89. The molecular formula is C17H28N2O5. The first-order chi connectivity index (χ1) is 11.1. The number of hydrogen-bond donors (Lipinski definition) is 4. The van der Waals surface area contributed by atoms with E-state index in [1.807, 2.05) is 0 Å². The zero-order valence-corrected chi connectivity index (χ0v) is 14.8. The number of para-hydroxylation sites is 1. The molecule has 0 amide bonds. The monoisotopic (exact) mass is 340 g/mol. The van der Waals surface area contributed by atoms with Crippen LogP contribution in [0.5, 0.6) is 5.75 Å². The van der Waals surface area contributed by atoms with E-state index in [-0.39, 0.29) is 5.41 Å². The molecule has 0 bridgehead atoms. The summed E-state index contributed by atoms with van der Waals surface area (Å²) in [7, 11) is 0. The van der Waals surface area contributed by atoms with Gasteiger partial charge in [-0.1, -0.05) is 39.0 Å². The summed E-state index contributed by atoms with van der Waals surface area (Å²) in [6, 6.07) is 6.34. The third-order valence-corrected chi connectivity index (χ3v) is 3.05. The van der Waals surface area contributed by atoms with Crippen LogP contribution in [0.4, 0.5) is 0 Å². The van der Waals surface area contributed by atoms with Gasteiger partial charge in [-0.25, -0.2) is 9.59 Å². The molecule has 1 aromatic rings. The molecule has 0 aliphatic heterocycles. The van der Waals surface area contributed by atoms with E-state index in [2.05, 4.69) is 51.2 Å². The summed E-state index contributed by atoms with van der Waals surface area (Å²) in [6.07, 6.45) is 0. The number of carboxylic acid groups (broad SMARTS) is 2. The standard InChI is InChI=1S/C15H26N2O.C2H2O4/c1-12-6-5-7-13(15(2,3)4)14(12)18-11-10-17-9-8-16;3-1(4)2(5)6/h5-7,17H,8-11,16H2,1-4H3;(H,3,4)(H,5,6). The molecule has 0 saturated heterocycles. The van der Waals surface area contributed by atoms with Gasteiger partial charge in [-0.2, -0.15) is 0 Å². The SMILES string of the molecule is Cc1cccc(C(C)(C)C)c1OCCNCCN.O=C(O)C(=O)O. The molecule has 5 N–H and O–H groups in total. The molecule has 136 valence electrons. The number of benzene rings is 1. The van der Waals surface area contributed by atoms with Crippen molar-refractivity contribution in [1.82, 2.24) is 5.32 Å². The smallest absolute Gasteiger partial charge is 0.414 e. The van der Waals surface area contributed by atoms with Gasteiger partial charge in [-0.3, -0.25) is 0 Å². The minimum absolute atomic E-state index is 0.103. The Kier molecular flexibility index (Phi) is 9.68. The number of ether oxygens (including phenoxy) is 1. The highest BCUT2D eigenvalue weighted by Crippen LogP contribution is 2.33. The summed E-state index contributed by atoms with van der Waals surface area (Å²) < 4.78 is 5.94. The molecule has 0 fully saturated rings. The Morgan fingerprint density at radius 2 is 1.75 bits per heavy atom. The molecule has 0 atom stereocenters. The summed E-state index contributed by atoms with van der Waals surface area (Å²) in [5, 5.41) is 18.0. The molecule has 0 aliphatic carbocycles. The number of hydrogen-bond acceptors (Lipinski definition) is 5. The van der Waals surface area contributed by atoms with E-state index in [0.717, 1.165) is 18.8 Å². The van der Waals surface area contributed by atoms with E-state index in [1.54, 1.807) is 0 Å². The Hall–Kier alpha value is -2.12. The Labute approximate surface area is 142 Å². The van der Waals surface area contributed by atoms with Crippen molar-refractivity contribution in [3.8, 4) is 5.75 Å². The number of nitrogens with one attached hydrogen (secondary N) is 1. The van der Waals surface area contributed by atoms with Gasteiger partial charge in [0.05, 0.1) is 0 Å². The molecule has 0 saturated carbocycles. The molecule has 24 heavy (non-hydrogen) atoms. The van der Waals surface area contributed by atoms with Crippen LogP contribution in [0, 0.1) is 6.92 Å². The molecule has 0 radical (unpaired) electrons. The fourth-order valence-electron chi connectivity index (χ4n) is 1.89. The van der Waals surface area contributed by atoms with E-state index in [4.69, 9.17) is 30.3 Å². The van der Waals surface area contributed by atoms with Crippen molar-refractivity contribution in [2.75, 3.05) is 26.2 Å². The van der Waals surface area contributed by atoms with Gasteiger partial charge in [0.2, 0.25) is 0 Å². The molecule has 0 unspecified atom stereocenters. The predicted octanol–water partition coefficient (Wildman–Crippen LogP) is 1.38. The highest BCUT2D eigenvalue weighted by atomic mass is 16.5. The Bertz CT molecular complexity index is 526. The van der Waals surface area contributed by atoms with Crippen molar-refractivity contribution in [2.45, 2.75) is 33.1 Å². The van der Waals surface area contributed by atoms with Crippen LogP contribution in [0.1, 0.15) is 31.9 Å². The van der Waals surface area contributed by atoms with Crippen LogP contribution < -0.4 is 15.8 Å². The van der Waals surface area contributed by atoms with Gasteiger partial charge in [0.15, 0.2) is 0 Å². The Morgan fingerprint density at radius 1 is 1.17 bits per heavy atom. The maximum Gasteiger partial charge on any atom is 0.414 e. The van der Waals surface area contributed by atoms with Crippen LogP contribution in [0.15, 0.2) is 18.2 Å². The van der Waals surface area contributed by atoms with Gasteiger partial charge in [0, 0.05) is 19.6 Å². The predicted molar refractivity (Wildman–Crippen MR) is 92.6 cm³/mol. The second kappa shape index (κ2) is 10.6. The highest BCUT2D eigenvalue weighted by molar-refractivity contribution is 6.27. The number of rotatable bonds is 6.